The molecule has 82 valence electrons. The van der Waals surface area contributed by atoms with Gasteiger partial charge in [0.15, 0.2) is 0 Å². The molecule has 0 spiro atoms. The van der Waals surface area contributed by atoms with Gasteiger partial charge in [0.25, 0.3) is 0 Å². The minimum Gasteiger partial charge on any atom is -0.396 e. The highest BCUT2D eigenvalue weighted by Crippen LogP contribution is 2.10. The van der Waals surface area contributed by atoms with Gasteiger partial charge in [-0.2, -0.15) is 0 Å². The van der Waals surface area contributed by atoms with Crippen LogP contribution in [0, 0.1) is 5.92 Å². The first kappa shape index (κ1) is 11.5. The lowest BCUT2D eigenvalue weighted by molar-refractivity contribution is -0.139. The van der Waals surface area contributed by atoms with Crippen LogP contribution in [0.3, 0.4) is 0 Å². The summed E-state index contributed by atoms with van der Waals surface area (Å²) in [6, 6.07) is 0. The number of hydrogen-bond acceptors (Lipinski definition) is 3. The third-order valence-electron chi connectivity index (χ3n) is 2.54. The second kappa shape index (κ2) is 5.98. The minimum absolute atomic E-state index is 0.0280. The first-order chi connectivity index (χ1) is 6.75. The van der Waals surface area contributed by atoms with Gasteiger partial charge < -0.3 is 14.7 Å². The van der Waals surface area contributed by atoms with Gasteiger partial charge in [-0.1, -0.05) is 6.92 Å². The van der Waals surface area contributed by atoms with E-state index in [4.69, 9.17) is 9.84 Å². The number of aliphatic hydroxyl groups excluding tert-OH is 1. The third kappa shape index (κ3) is 3.27. The molecule has 1 aliphatic rings. The second-order valence-electron chi connectivity index (χ2n) is 3.70. The van der Waals surface area contributed by atoms with Crippen LogP contribution in [0.15, 0.2) is 0 Å². The maximum Gasteiger partial charge on any atom is 0.225 e. The van der Waals surface area contributed by atoms with E-state index in [1.165, 1.54) is 0 Å². The second-order valence-corrected chi connectivity index (χ2v) is 3.70. The van der Waals surface area contributed by atoms with Gasteiger partial charge in [0.2, 0.25) is 5.91 Å². The number of ether oxygens (including phenoxy) is 1. The molecular weight excluding hydrogens is 182 g/mol. The fourth-order valence-electron chi connectivity index (χ4n) is 1.62. The Morgan fingerprint density at radius 1 is 1.50 bits per heavy atom. The molecule has 14 heavy (non-hydrogen) atoms. The van der Waals surface area contributed by atoms with Crippen LogP contribution in [0.1, 0.15) is 19.8 Å². The lowest BCUT2D eigenvalue weighted by atomic mass is 10.0. The summed E-state index contributed by atoms with van der Waals surface area (Å²) >= 11 is 0. The van der Waals surface area contributed by atoms with E-state index in [2.05, 4.69) is 0 Å². The molecule has 4 nitrogen and oxygen atoms in total. The fourth-order valence-corrected chi connectivity index (χ4v) is 1.62. The molecule has 1 aliphatic heterocycles. The van der Waals surface area contributed by atoms with Gasteiger partial charge in [0, 0.05) is 25.6 Å². The topological polar surface area (TPSA) is 49.8 Å². The molecule has 0 bridgehead atoms. The monoisotopic (exact) mass is 201 g/mol. The quantitative estimate of drug-likeness (QED) is 0.709. The van der Waals surface area contributed by atoms with Gasteiger partial charge in [-0.05, 0) is 12.8 Å². The van der Waals surface area contributed by atoms with E-state index >= 15 is 0 Å². The van der Waals surface area contributed by atoms with Crippen molar-refractivity contribution in [2.24, 2.45) is 5.92 Å². The van der Waals surface area contributed by atoms with Gasteiger partial charge in [-0.15, -0.1) is 0 Å². The number of hydrogen-bond donors (Lipinski definition) is 1. The molecule has 0 aromatic rings. The van der Waals surface area contributed by atoms with Crippen LogP contribution in [0.25, 0.3) is 0 Å². The Bertz CT molecular complexity index is 178. The Morgan fingerprint density at radius 3 is 2.71 bits per heavy atom. The highest BCUT2D eigenvalue weighted by molar-refractivity contribution is 5.78. The van der Waals surface area contributed by atoms with Crippen molar-refractivity contribution < 1.29 is 14.6 Å². The smallest absolute Gasteiger partial charge is 0.225 e. The maximum atomic E-state index is 11.8. The van der Waals surface area contributed by atoms with E-state index in [1.807, 2.05) is 11.8 Å². The molecule has 0 aliphatic carbocycles. The summed E-state index contributed by atoms with van der Waals surface area (Å²) in [5.41, 5.74) is 0. The summed E-state index contributed by atoms with van der Waals surface area (Å²) in [6.45, 7) is 4.82. The lowest BCUT2D eigenvalue weighted by Crippen LogP contribution is -2.43. The number of aliphatic hydroxyl groups is 1. The van der Waals surface area contributed by atoms with E-state index in [0.29, 0.717) is 32.7 Å². The van der Waals surface area contributed by atoms with E-state index in [-0.39, 0.29) is 18.4 Å². The van der Waals surface area contributed by atoms with Gasteiger partial charge >= 0.3 is 0 Å². The first-order valence-electron chi connectivity index (χ1n) is 5.23. The molecule has 0 aromatic heterocycles. The Morgan fingerprint density at radius 2 is 2.14 bits per heavy atom. The average Bonchev–Trinajstić information content (AvgIpc) is 2.26. The Labute approximate surface area is 84.8 Å². The van der Waals surface area contributed by atoms with Crippen LogP contribution in [0.2, 0.25) is 0 Å². The van der Waals surface area contributed by atoms with E-state index in [1.54, 1.807) is 0 Å². The van der Waals surface area contributed by atoms with Crippen LogP contribution in [-0.4, -0.2) is 48.8 Å². The van der Waals surface area contributed by atoms with E-state index in [9.17, 15) is 4.79 Å². The molecule has 1 unspecified atom stereocenters. The van der Waals surface area contributed by atoms with Crippen LogP contribution < -0.4 is 0 Å². The molecule has 0 aromatic carbocycles. The molecule has 1 heterocycles. The summed E-state index contributed by atoms with van der Waals surface area (Å²) in [7, 11) is 0. The van der Waals surface area contributed by atoms with Gasteiger partial charge in [-0.25, -0.2) is 0 Å². The highest BCUT2D eigenvalue weighted by Gasteiger charge is 2.21. The van der Waals surface area contributed by atoms with Crippen molar-refractivity contribution in [2.75, 3.05) is 32.9 Å². The summed E-state index contributed by atoms with van der Waals surface area (Å²) in [4.78, 5) is 13.6. The molecular formula is C10H19NO3. The molecule has 4 heteroatoms. The predicted molar refractivity (Wildman–Crippen MR) is 52.9 cm³/mol. The first-order valence-corrected chi connectivity index (χ1v) is 5.23. The molecule has 1 amide bonds. The van der Waals surface area contributed by atoms with Crippen molar-refractivity contribution in [3.05, 3.63) is 0 Å². The van der Waals surface area contributed by atoms with Crippen molar-refractivity contribution in [1.82, 2.24) is 4.90 Å². The van der Waals surface area contributed by atoms with Crippen LogP contribution in [0.5, 0.6) is 0 Å². The number of carbonyl (C=O) groups excluding carboxylic acids is 1. The highest BCUT2D eigenvalue weighted by atomic mass is 16.5. The predicted octanol–water partition coefficient (Wildman–Crippen LogP) is 0.254. The summed E-state index contributed by atoms with van der Waals surface area (Å²) < 4.78 is 5.18. The molecule has 0 saturated carbocycles. The van der Waals surface area contributed by atoms with E-state index in [0.717, 1.165) is 6.42 Å². The average molecular weight is 201 g/mol. The fraction of sp³-hybridized carbons (Fsp3) is 0.900. The number of nitrogens with zero attached hydrogens (tertiary/aromatic N) is 1. The number of morpholine rings is 1. The summed E-state index contributed by atoms with van der Waals surface area (Å²) in [5, 5.41) is 8.66. The number of carbonyl (C=O) groups is 1. The van der Waals surface area contributed by atoms with E-state index < -0.39 is 0 Å². The SMILES string of the molecule is CC(CCCO)C(=O)N1CCOCC1. The summed E-state index contributed by atoms with van der Waals surface area (Å²) in [5.74, 6) is 0.224. The molecule has 1 saturated heterocycles. The molecule has 1 rings (SSSR count). The Balaban J connectivity index is 2.30. The summed E-state index contributed by atoms with van der Waals surface area (Å²) in [6.07, 6.45) is 1.48. The van der Waals surface area contributed by atoms with Crippen molar-refractivity contribution in [1.29, 1.82) is 0 Å². The normalized spacial score (nSPS) is 19.4. The van der Waals surface area contributed by atoms with Gasteiger partial charge in [0.05, 0.1) is 13.2 Å². The van der Waals surface area contributed by atoms with Crippen molar-refractivity contribution >= 4 is 5.91 Å². The van der Waals surface area contributed by atoms with Crippen LogP contribution >= 0.6 is 0 Å². The minimum atomic E-state index is 0.0280. The number of rotatable bonds is 4. The molecule has 1 fully saturated rings. The largest absolute Gasteiger partial charge is 0.396 e. The van der Waals surface area contributed by atoms with Crippen molar-refractivity contribution in [2.45, 2.75) is 19.8 Å². The standard InChI is InChI=1S/C10H19NO3/c1-9(3-2-6-12)10(13)11-4-7-14-8-5-11/h9,12H,2-8H2,1H3. The Hall–Kier alpha value is -0.610. The van der Waals surface area contributed by atoms with Crippen molar-refractivity contribution in [3.8, 4) is 0 Å². The van der Waals surface area contributed by atoms with Gasteiger partial charge in [-0.3, -0.25) is 4.79 Å². The van der Waals surface area contributed by atoms with Crippen molar-refractivity contribution in [3.63, 3.8) is 0 Å². The van der Waals surface area contributed by atoms with Crippen LogP contribution in [-0.2, 0) is 9.53 Å². The van der Waals surface area contributed by atoms with Gasteiger partial charge in [0.1, 0.15) is 0 Å². The zero-order chi connectivity index (χ0) is 10.4. The molecule has 1 N–H and O–H groups in total. The Kier molecular flexibility index (Phi) is 4.90. The molecule has 1 atom stereocenters. The van der Waals surface area contributed by atoms with Crippen LogP contribution in [0.4, 0.5) is 0 Å². The third-order valence-corrected chi connectivity index (χ3v) is 2.54. The lowest BCUT2D eigenvalue weighted by Gasteiger charge is -2.29. The maximum absolute atomic E-state index is 11.8. The zero-order valence-electron chi connectivity index (χ0n) is 8.74. The molecule has 0 radical (unpaired) electrons. The number of amides is 1. The zero-order valence-corrected chi connectivity index (χ0v) is 8.74.